The molecular formula is C20H26N6. The smallest absolute Gasteiger partial charge is 0.157 e. The molecule has 0 bridgehead atoms. The minimum Gasteiger partial charge on any atom is -0.370 e. The molecule has 1 aromatic carbocycles. The van der Waals surface area contributed by atoms with Crippen molar-refractivity contribution in [2.45, 2.75) is 6.42 Å². The number of anilines is 1. The standard InChI is InChI=1S/C20H26N6/c1-24-12-14-25(15-13-24)11-5-9-21-20-16-18(17-6-3-2-4-7-17)23-19-8-10-22-26(19)20/h2-4,6-8,10,16,21H,5,9,11-15H2,1H3. The van der Waals surface area contributed by atoms with E-state index in [1.807, 2.05) is 28.8 Å². The maximum atomic E-state index is 4.72. The van der Waals surface area contributed by atoms with Crippen LogP contribution in [0.2, 0.25) is 0 Å². The molecule has 0 amide bonds. The summed E-state index contributed by atoms with van der Waals surface area (Å²) in [5.41, 5.74) is 2.96. The number of likely N-dealkylation sites (N-methyl/N-ethyl adjacent to an activating group) is 1. The van der Waals surface area contributed by atoms with Crippen LogP contribution in [0.25, 0.3) is 16.9 Å². The van der Waals surface area contributed by atoms with Crippen molar-refractivity contribution in [3.8, 4) is 11.3 Å². The van der Waals surface area contributed by atoms with Crippen LogP contribution < -0.4 is 5.32 Å². The van der Waals surface area contributed by atoms with Crippen LogP contribution in [0.3, 0.4) is 0 Å². The molecule has 1 aliphatic rings. The summed E-state index contributed by atoms with van der Waals surface area (Å²) in [6.45, 7) is 6.76. The Labute approximate surface area is 154 Å². The van der Waals surface area contributed by atoms with Crippen molar-refractivity contribution in [3.63, 3.8) is 0 Å². The molecule has 26 heavy (non-hydrogen) atoms. The number of nitrogens with one attached hydrogen (secondary N) is 1. The van der Waals surface area contributed by atoms with Crippen molar-refractivity contribution in [2.75, 3.05) is 51.6 Å². The average Bonchev–Trinajstić information content (AvgIpc) is 3.16. The highest BCUT2D eigenvalue weighted by Gasteiger charge is 2.13. The molecule has 0 saturated carbocycles. The van der Waals surface area contributed by atoms with E-state index in [9.17, 15) is 0 Å². The molecule has 2 aromatic heterocycles. The minimum absolute atomic E-state index is 0.868. The molecule has 1 aliphatic heterocycles. The molecule has 0 atom stereocenters. The fourth-order valence-corrected chi connectivity index (χ4v) is 3.39. The Morgan fingerprint density at radius 1 is 1.04 bits per heavy atom. The molecule has 4 rings (SSSR count). The van der Waals surface area contributed by atoms with Crippen LogP contribution in [-0.4, -0.2) is 70.7 Å². The minimum atomic E-state index is 0.868. The number of aromatic nitrogens is 3. The zero-order valence-electron chi connectivity index (χ0n) is 15.3. The van der Waals surface area contributed by atoms with Gasteiger partial charge in [0.1, 0.15) is 5.82 Å². The summed E-state index contributed by atoms with van der Waals surface area (Å²) in [5, 5.41) is 7.96. The first kappa shape index (κ1) is 17.0. The molecule has 0 radical (unpaired) electrons. The first-order valence-electron chi connectivity index (χ1n) is 9.34. The Morgan fingerprint density at radius 3 is 2.65 bits per heavy atom. The Hall–Kier alpha value is -2.44. The summed E-state index contributed by atoms with van der Waals surface area (Å²) >= 11 is 0. The Kier molecular flexibility index (Phi) is 5.13. The number of fused-ring (bicyclic) bond motifs is 1. The van der Waals surface area contributed by atoms with Crippen molar-refractivity contribution in [1.82, 2.24) is 24.4 Å². The quantitative estimate of drug-likeness (QED) is 0.692. The van der Waals surface area contributed by atoms with E-state index >= 15 is 0 Å². The van der Waals surface area contributed by atoms with Crippen molar-refractivity contribution in [2.24, 2.45) is 0 Å². The van der Waals surface area contributed by atoms with E-state index in [1.54, 1.807) is 6.20 Å². The number of piperazine rings is 1. The third-order valence-electron chi connectivity index (χ3n) is 4.98. The molecule has 1 saturated heterocycles. The van der Waals surface area contributed by atoms with E-state index < -0.39 is 0 Å². The third-order valence-corrected chi connectivity index (χ3v) is 4.98. The van der Waals surface area contributed by atoms with Gasteiger partial charge in [0.15, 0.2) is 5.65 Å². The van der Waals surface area contributed by atoms with Crippen LogP contribution in [0.15, 0.2) is 48.7 Å². The van der Waals surface area contributed by atoms with Gasteiger partial charge in [-0.1, -0.05) is 30.3 Å². The first-order valence-corrected chi connectivity index (χ1v) is 9.34. The predicted molar refractivity (Wildman–Crippen MR) is 105 cm³/mol. The van der Waals surface area contributed by atoms with E-state index in [4.69, 9.17) is 4.98 Å². The van der Waals surface area contributed by atoms with Crippen LogP contribution >= 0.6 is 0 Å². The molecule has 0 spiro atoms. The van der Waals surface area contributed by atoms with E-state index in [0.29, 0.717) is 0 Å². The Morgan fingerprint density at radius 2 is 1.85 bits per heavy atom. The van der Waals surface area contributed by atoms with Gasteiger partial charge in [0, 0.05) is 50.4 Å². The second-order valence-corrected chi connectivity index (χ2v) is 6.92. The Balaban J connectivity index is 1.42. The average molecular weight is 350 g/mol. The summed E-state index contributed by atoms with van der Waals surface area (Å²) < 4.78 is 1.88. The summed E-state index contributed by atoms with van der Waals surface area (Å²) in [7, 11) is 2.20. The zero-order chi connectivity index (χ0) is 17.8. The van der Waals surface area contributed by atoms with Gasteiger partial charge < -0.3 is 15.1 Å². The van der Waals surface area contributed by atoms with Crippen molar-refractivity contribution in [1.29, 1.82) is 0 Å². The van der Waals surface area contributed by atoms with E-state index in [1.165, 1.54) is 26.2 Å². The number of rotatable bonds is 6. The number of benzene rings is 1. The lowest BCUT2D eigenvalue weighted by molar-refractivity contribution is 0.154. The molecule has 0 aliphatic carbocycles. The lowest BCUT2D eigenvalue weighted by Crippen LogP contribution is -2.44. The van der Waals surface area contributed by atoms with Gasteiger partial charge in [-0.05, 0) is 20.0 Å². The molecule has 3 aromatic rings. The molecule has 3 heterocycles. The largest absolute Gasteiger partial charge is 0.370 e. The lowest BCUT2D eigenvalue weighted by Gasteiger charge is -2.32. The van der Waals surface area contributed by atoms with E-state index in [2.05, 4.69) is 45.5 Å². The number of nitrogens with zero attached hydrogens (tertiary/aromatic N) is 5. The maximum absolute atomic E-state index is 4.72. The van der Waals surface area contributed by atoms with Crippen LogP contribution in [0.1, 0.15) is 6.42 Å². The molecule has 1 fully saturated rings. The number of hydrogen-bond acceptors (Lipinski definition) is 5. The molecule has 136 valence electrons. The predicted octanol–water partition coefficient (Wildman–Crippen LogP) is 2.45. The third kappa shape index (κ3) is 3.86. The summed E-state index contributed by atoms with van der Waals surface area (Å²) in [6, 6.07) is 14.3. The molecule has 1 N–H and O–H groups in total. The van der Waals surface area contributed by atoms with Crippen LogP contribution in [0.5, 0.6) is 0 Å². The highest BCUT2D eigenvalue weighted by Crippen LogP contribution is 2.21. The molecule has 0 unspecified atom stereocenters. The van der Waals surface area contributed by atoms with Gasteiger partial charge in [0.05, 0.1) is 11.9 Å². The summed E-state index contributed by atoms with van der Waals surface area (Å²) in [5.74, 6) is 0.997. The van der Waals surface area contributed by atoms with Gasteiger partial charge >= 0.3 is 0 Å². The maximum Gasteiger partial charge on any atom is 0.157 e. The van der Waals surface area contributed by atoms with Crippen molar-refractivity contribution in [3.05, 3.63) is 48.7 Å². The zero-order valence-corrected chi connectivity index (χ0v) is 15.3. The number of hydrogen-bond donors (Lipinski definition) is 1. The second-order valence-electron chi connectivity index (χ2n) is 6.92. The van der Waals surface area contributed by atoms with Gasteiger partial charge in [-0.3, -0.25) is 0 Å². The van der Waals surface area contributed by atoms with Gasteiger partial charge in [0.2, 0.25) is 0 Å². The summed E-state index contributed by atoms with van der Waals surface area (Å²) in [6.07, 6.45) is 2.92. The first-order chi connectivity index (χ1) is 12.8. The Bertz CT molecular complexity index is 836. The summed E-state index contributed by atoms with van der Waals surface area (Å²) in [4.78, 5) is 9.67. The molecule has 6 heteroatoms. The fourth-order valence-electron chi connectivity index (χ4n) is 3.39. The molecular weight excluding hydrogens is 324 g/mol. The van der Waals surface area contributed by atoms with Crippen molar-refractivity contribution >= 4 is 11.5 Å². The fraction of sp³-hybridized carbons (Fsp3) is 0.400. The van der Waals surface area contributed by atoms with Crippen LogP contribution in [0, 0.1) is 0 Å². The normalized spacial score (nSPS) is 16.2. The highest BCUT2D eigenvalue weighted by atomic mass is 15.3. The topological polar surface area (TPSA) is 48.7 Å². The SMILES string of the molecule is CN1CCN(CCCNc2cc(-c3ccccc3)nc3ccnn23)CC1. The van der Waals surface area contributed by atoms with Crippen molar-refractivity contribution < 1.29 is 0 Å². The van der Waals surface area contributed by atoms with Gasteiger partial charge in [-0.25, -0.2) is 4.98 Å². The highest BCUT2D eigenvalue weighted by molar-refractivity contribution is 5.66. The van der Waals surface area contributed by atoms with E-state index in [0.717, 1.165) is 42.2 Å². The molecule has 6 nitrogen and oxygen atoms in total. The van der Waals surface area contributed by atoms with Crippen LogP contribution in [-0.2, 0) is 0 Å². The second kappa shape index (κ2) is 7.85. The van der Waals surface area contributed by atoms with Gasteiger partial charge in [-0.15, -0.1) is 0 Å². The van der Waals surface area contributed by atoms with E-state index in [-0.39, 0.29) is 0 Å². The monoisotopic (exact) mass is 350 g/mol. The lowest BCUT2D eigenvalue weighted by atomic mass is 10.1. The van der Waals surface area contributed by atoms with Gasteiger partial charge in [-0.2, -0.15) is 9.61 Å². The van der Waals surface area contributed by atoms with Gasteiger partial charge in [0.25, 0.3) is 0 Å². The van der Waals surface area contributed by atoms with Crippen LogP contribution in [0.4, 0.5) is 5.82 Å².